The van der Waals surface area contributed by atoms with E-state index < -0.39 is 5.91 Å². The molecular weight excluding hydrogens is 252 g/mol. The lowest BCUT2D eigenvalue weighted by Gasteiger charge is -2.19. The molecule has 0 atom stereocenters. The molecule has 0 aliphatic rings. The van der Waals surface area contributed by atoms with Crippen molar-refractivity contribution in [2.75, 3.05) is 11.9 Å². The molecule has 2 aromatic rings. The number of nitrogens with zero attached hydrogens (tertiary/aromatic N) is 3. The molecule has 2 N–H and O–H groups in total. The van der Waals surface area contributed by atoms with Crippen LogP contribution in [0.25, 0.3) is 0 Å². The summed E-state index contributed by atoms with van der Waals surface area (Å²) >= 11 is 0. The fourth-order valence-corrected chi connectivity index (χ4v) is 1.90. The molecule has 1 aromatic heterocycles. The molecule has 1 heterocycles. The van der Waals surface area contributed by atoms with Crippen LogP contribution in [0.15, 0.2) is 42.6 Å². The Morgan fingerprint density at radius 2 is 2.20 bits per heavy atom. The Balaban J connectivity index is 2.19. The molecule has 0 saturated heterocycles. The second-order valence-corrected chi connectivity index (χ2v) is 4.43. The van der Waals surface area contributed by atoms with Crippen LogP contribution in [0.4, 0.5) is 5.69 Å². The highest BCUT2D eigenvalue weighted by molar-refractivity contribution is 5.91. The van der Waals surface area contributed by atoms with E-state index in [1.165, 1.54) is 0 Å². The Kier molecular flexibility index (Phi) is 3.96. The number of carbonyl (C=O) groups excluding carboxylic acids is 1. The van der Waals surface area contributed by atoms with E-state index in [4.69, 9.17) is 11.0 Å². The van der Waals surface area contributed by atoms with Gasteiger partial charge in [0.15, 0.2) is 0 Å². The van der Waals surface area contributed by atoms with E-state index in [9.17, 15) is 4.79 Å². The van der Waals surface area contributed by atoms with Crippen LogP contribution >= 0.6 is 0 Å². The van der Waals surface area contributed by atoms with Gasteiger partial charge in [0.25, 0.3) is 5.91 Å². The lowest BCUT2D eigenvalue weighted by molar-refractivity contribution is 0.0995. The molecule has 5 heteroatoms. The summed E-state index contributed by atoms with van der Waals surface area (Å²) in [6.07, 6.45) is 1.55. The topological polar surface area (TPSA) is 83.0 Å². The molecule has 100 valence electrons. The van der Waals surface area contributed by atoms with Crippen LogP contribution in [0.2, 0.25) is 0 Å². The summed E-state index contributed by atoms with van der Waals surface area (Å²) in [5.74, 6) is -0.549. The van der Waals surface area contributed by atoms with Crippen LogP contribution in [0.3, 0.4) is 0 Å². The standard InChI is InChI=1S/C15H14N4O/c1-19(10-12-4-2-3-11(7-12)9-16)13-5-6-18-14(8-13)15(17)20/h2-8H,10H2,1H3,(H2,17,20). The molecule has 5 nitrogen and oxygen atoms in total. The third-order valence-corrected chi connectivity index (χ3v) is 2.91. The smallest absolute Gasteiger partial charge is 0.267 e. The highest BCUT2D eigenvalue weighted by atomic mass is 16.1. The lowest BCUT2D eigenvalue weighted by atomic mass is 10.1. The molecular formula is C15H14N4O. The molecule has 20 heavy (non-hydrogen) atoms. The summed E-state index contributed by atoms with van der Waals surface area (Å²) in [4.78, 5) is 17.0. The first-order valence-electron chi connectivity index (χ1n) is 6.06. The number of nitrogens with two attached hydrogens (primary N) is 1. The second kappa shape index (κ2) is 5.85. The Morgan fingerprint density at radius 1 is 1.40 bits per heavy atom. The minimum Gasteiger partial charge on any atom is -0.370 e. The zero-order valence-electron chi connectivity index (χ0n) is 11.1. The maximum absolute atomic E-state index is 11.1. The van der Waals surface area contributed by atoms with Crippen molar-refractivity contribution in [3.63, 3.8) is 0 Å². The molecule has 0 fully saturated rings. The van der Waals surface area contributed by atoms with Gasteiger partial charge in [-0.1, -0.05) is 12.1 Å². The van der Waals surface area contributed by atoms with Gasteiger partial charge >= 0.3 is 0 Å². The van der Waals surface area contributed by atoms with Crippen molar-refractivity contribution in [2.45, 2.75) is 6.54 Å². The predicted octanol–water partition coefficient (Wildman–Crippen LogP) is 1.69. The van der Waals surface area contributed by atoms with E-state index in [1.54, 1.807) is 24.4 Å². The third kappa shape index (κ3) is 3.12. The summed E-state index contributed by atoms with van der Waals surface area (Å²) < 4.78 is 0. The van der Waals surface area contributed by atoms with Gasteiger partial charge in [-0.3, -0.25) is 9.78 Å². The highest BCUT2D eigenvalue weighted by Gasteiger charge is 2.07. The Labute approximate surface area is 117 Å². The molecule has 2 rings (SSSR count). The number of hydrogen-bond acceptors (Lipinski definition) is 4. The van der Waals surface area contributed by atoms with Crippen molar-refractivity contribution >= 4 is 11.6 Å². The highest BCUT2D eigenvalue weighted by Crippen LogP contribution is 2.16. The Hall–Kier alpha value is -2.87. The summed E-state index contributed by atoms with van der Waals surface area (Å²) in [6, 6.07) is 13.0. The van der Waals surface area contributed by atoms with Crippen LogP contribution in [-0.4, -0.2) is 17.9 Å². The number of rotatable bonds is 4. The zero-order valence-corrected chi connectivity index (χ0v) is 11.1. The van der Waals surface area contributed by atoms with Gasteiger partial charge in [-0.2, -0.15) is 5.26 Å². The molecule has 1 aromatic carbocycles. The third-order valence-electron chi connectivity index (χ3n) is 2.91. The van der Waals surface area contributed by atoms with E-state index in [-0.39, 0.29) is 5.69 Å². The SMILES string of the molecule is CN(Cc1cccc(C#N)c1)c1ccnc(C(N)=O)c1. The van der Waals surface area contributed by atoms with Crippen LogP contribution in [0.5, 0.6) is 0 Å². The number of amides is 1. The van der Waals surface area contributed by atoms with E-state index in [0.29, 0.717) is 12.1 Å². The number of anilines is 1. The quantitative estimate of drug-likeness (QED) is 0.912. The van der Waals surface area contributed by atoms with Crippen LogP contribution in [0, 0.1) is 11.3 Å². The van der Waals surface area contributed by atoms with Gasteiger partial charge in [0, 0.05) is 25.5 Å². The number of benzene rings is 1. The normalized spacial score (nSPS) is 9.80. The number of carbonyl (C=O) groups is 1. The first-order valence-corrected chi connectivity index (χ1v) is 6.06. The van der Waals surface area contributed by atoms with E-state index in [0.717, 1.165) is 11.3 Å². The van der Waals surface area contributed by atoms with Gasteiger partial charge in [-0.15, -0.1) is 0 Å². The van der Waals surface area contributed by atoms with Crippen molar-refractivity contribution in [3.05, 3.63) is 59.4 Å². The lowest BCUT2D eigenvalue weighted by Crippen LogP contribution is -2.18. The molecule has 0 unspecified atom stereocenters. The van der Waals surface area contributed by atoms with Crippen LogP contribution < -0.4 is 10.6 Å². The van der Waals surface area contributed by atoms with Crippen LogP contribution in [-0.2, 0) is 6.54 Å². The van der Waals surface area contributed by atoms with Crippen molar-refractivity contribution in [3.8, 4) is 6.07 Å². The summed E-state index contributed by atoms with van der Waals surface area (Å²) in [6.45, 7) is 0.623. The molecule has 0 aliphatic heterocycles. The minimum absolute atomic E-state index is 0.236. The summed E-state index contributed by atoms with van der Waals surface area (Å²) in [5.41, 5.74) is 7.94. The van der Waals surface area contributed by atoms with Crippen LogP contribution in [0.1, 0.15) is 21.6 Å². The fraction of sp³-hybridized carbons (Fsp3) is 0.133. The largest absolute Gasteiger partial charge is 0.370 e. The number of primary amides is 1. The Bertz CT molecular complexity index is 676. The van der Waals surface area contributed by atoms with Crippen molar-refractivity contribution in [1.82, 2.24) is 4.98 Å². The van der Waals surface area contributed by atoms with Gasteiger partial charge in [-0.25, -0.2) is 0 Å². The molecule has 0 saturated carbocycles. The van der Waals surface area contributed by atoms with Gasteiger partial charge < -0.3 is 10.6 Å². The number of nitriles is 1. The monoisotopic (exact) mass is 266 g/mol. The fourth-order valence-electron chi connectivity index (χ4n) is 1.90. The van der Waals surface area contributed by atoms with Gasteiger partial charge in [0.2, 0.25) is 0 Å². The maximum atomic E-state index is 11.1. The summed E-state index contributed by atoms with van der Waals surface area (Å²) in [7, 11) is 1.90. The average Bonchev–Trinajstić information content (AvgIpc) is 2.47. The average molecular weight is 266 g/mol. The van der Waals surface area contributed by atoms with E-state index >= 15 is 0 Å². The Morgan fingerprint density at radius 3 is 2.90 bits per heavy atom. The van der Waals surface area contributed by atoms with Crippen molar-refractivity contribution < 1.29 is 4.79 Å². The van der Waals surface area contributed by atoms with E-state index in [2.05, 4.69) is 11.1 Å². The van der Waals surface area contributed by atoms with Crippen molar-refractivity contribution in [1.29, 1.82) is 5.26 Å². The number of pyridine rings is 1. The molecule has 0 aliphatic carbocycles. The number of aromatic nitrogens is 1. The second-order valence-electron chi connectivity index (χ2n) is 4.43. The molecule has 0 bridgehead atoms. The minimum atomic E-state index is -0.549. The molecule has 1 amide bonds. The van der Waals surface area contributed by atoms with E-state index in [1.807, 2.05) is 30.1 Å². The molecule has 0 radical (unpaired) electrons. The maximum Gasteiger partial charge on any atom is 0.267 e. The zero-order chi connectivity index (χ0) is 14.5. The van der Waals surface area contributed by atoms with Crippen molar-refractivity contribution in [2.24, 2.45) is 5.73 Å². The van der Waals surface area contributed by atoms with Gasteiger partial charge in [0.1, 0.15) is 5.69 Å². The first kappa shape index (κ1) is 13.6. The number of hydrogen-bond donors (Lipinski definition) is 1. The van der Waals surface area contributed by atoms with Gasteiger partial charge in [0.05, 0.1) is 11.6 Å². The molecule has 0 spiro atoms. The predicted molar refractivity (Wildman–Crippen MR) is 76.0 cm³/mol. The summed E-state index contributed by atoms with van der Waals surface area (Å²) in [5, 5.41) is 8.89. The van der Waals surface area contributed by atoms with Gasteiger partial charge in [-0.05, 0) is 29.8 Å². The first-order chi connectivity index (χ1) is 9.60.